The number of benzene rings is 12. The van der Waals surface area contributed by atoms with Gasteiger partial charge in [-0.1, -0.05) is 325 Å². The van der Waals surface area contributed by atoms with Gasteiger partial charge in [-0.15, -0.1) is 0 Å². The lowest BCUT2D eigenvalue weighted by atomic mass is 10.1. The van der Waals surface area contributed by atoms with Crippen LogP contribution >= 0.6 is 0 Å². The maximum atomic E-state index is 4.98. The van der Waals surface area contributed by atoms with Gasteiger partial charge >= 0.3 is 0 Å². The highest BCUT2D eigenvalue weighted by molar-refractivity contribution is 5.82. The summed E-state index contributed by atoms with van der Waals surface area (Å²) < 4.78 is 0. The summed E-state index contributed by atoms with van der Waals surface area (Å²) in [4.78, 5) is 47.0. The van der Waals surface area contributed by atoms with E-state index in [2.05, 4.69) is 374 Å². The maximum absolute atomic E-state index is 4.98. The normalized spacial score (nSPS) is 11.5. The van der Waals surface area contributed by atoms with Crippen molar-refractivity contribution in [3.05, 3.63) is 358 Å². The van der Waals surface area contributed by atoms with Crippen molar-refractivity contribution in [2.75, 3.05) is 4.90 Å². The number of nitrogens with zero attached hydrogens (tertiary/aromatic N) is 10. The predicted molar refractivity (Wildman–Crippen MR) is 425 cm³/mol. The molecule has 0 aliphatic heterocycles. The molecular formula is C93H72N10. The molecule has 0 aliphatic carbocycles. The number of aryl methyl sites for hydroxylation is 6. The van der Waals surface area contributed by atoms with Gasteiger partial charge in [-0.25, -0.2) is 44.9 Å². The van der Waals surface area contributed by atoms with E-state index in [4.69, 9.17) is 44.9 Å². The van der Waals surface area contributed by atoms with Gasteiger partial charge in [0, 0.05) is 67.1 Å². The van der Waals surface area contributed by atoms with Crippen molar-refractivity contribution in [3.8, 4) is 102 Å². The van der Waals surface area contributed by atoms with Gasteiger partial charge in [-0.2, -0.15) is 0 Å². The van der Waals surface area contributed by atoms with Gasteiger partial charge in [-0.05, 0) is 111 Å². The standard InChI is InChI=1S/C93H72N10/c1-61-7-37-73(38-8-61)85-94-86(74-39-9-62(2)10-40-74)98-91(97-85)79-49-25-67(26-50-79)19-22-70-31-55-82(56-32-70)103(83-57-33-71(34-58-83)23-20-68-27-51-80(52-28-68)92-99-87(75-41-11-63(3)12-42-75)95-88(100-92)76-43-13-64(4)14-44-76)84-59-35-72(36-60-84)24-21-69-29-53-81(54-30-69)93-101-89(77-45-15-65(5)16-46-77)96-90(102-93)78-47-17-66(6)18-48-78/h7-60H,1-6H3/b22-19+,23-20+,24-21+. The SMILES string of the molecule is Cc1ccc(-c2nc(-c3ccc(C)cc3)nc(-c3ccc(/C=C/c4ccc(N(c5ccc(/C=C/c6ccc(-c7nc(-c8ccc(C)cc8)nc(-c8ccc(C)cc8)n7)cc6)cc5)c5ccc(/C=C/c6ccc(-c7nc(-c8ccc(C)cc8)nc(-c8ccc(C)cc8)n7)cc6)cc5)cc4)cc3)n2)cc1. The lowest BCUT2D eigenvalue weighted by Gasteiger charge is -2.26. The Kier molecular flexibility index (Phi) is 18.9. The second kappa shape index (κ2) is 29.6. The van der Waals surface area contributed by atoms with E-state index in [1.165, 1.54) is 33.4 Å². The van der Waals surface area contributed by atoms with E-state index in [-0.39, 0.29) is 0 Å². The van der Waals surface area contributed by atoms with E-state index in [1.54, 1.807) is 0 Å². The van der Waals surface area contributed by atoms with Gasteiger partial charge in [0.15, 0.2) is 52.4 Å². The van der Waals surface area contributed by atoms with Crippen LogP contribution in [0.15, 0.2) is 291 Å². The van der Waals surface area contributed by atoms with Crippen LogP contribution in [0.1, 0.15) is 66.8 Å². The molecule has 0 radical (unpaired) electrons. The second-order valence-corrected chi connectivity index (χ2v) is 26.1. The molecular weight excluding hydrogens is 1260 g/mol. The molecule has 10 nitrogen and oxygen atoms in total. The topological polar surface area (TPSA) is 119 Å². The summed E-state index contributed by atoms with van der Waals surface area (Å²) in [7, 11) is 0. The Labute approximate surface area is 601 Å². The molecule has 0 atom stereocenters. The van der Waals surface area contributed by atoms with Crippen molar-refractivity contribution in [3.63, 3.8) is 0 Å². The van der Waals surface area contributed by atoms with Crippen LogP contribution in [0.3, 0.4) is 0 Å². The highest BCUT2D eigenvalue weighted by atomic mass is 15.1. The molecule has 10 heteroatoms. The Bertz CT molecular complexity index is 4810. The highest BCUT2D eigenvalue weighted by Gasteiger charge is 2.18. The van der Waals surface area contributed by atoms with Gasteiger partial charge in [0.05, 0.1) is 0 Å². The van der Waals surface area contributed by atoms with Gasteiger partial charge in [0.25, 0.3) is 0 Å². The fourth-order valence-corrected chi connectivity index (χ4v) is 12.0. The van der Waals surface area contributed by atoms with Crippen LogP contribution in [0.4, 0.5) is 17.1 Å². The molecule has 0 bridgehead atoms. The van der Waals surface area contributed by atoms with Gasteiger partial charge < -0.3 is 4.90 Å². The molecule has 103 heavy (non-hydrogen) atoms. The molecule has 15 aromatic rings. The lowest BCUT2D eigenvalue weighted by Crippen LogP contribution is -2.09. The number of rotatable bonds is 18. The molecule has 0 N–H and O–H groups in total. The van der Waals surface area contributed by atoms with Crippen molar-refractivity contribution >= 4 is 53.5 Å². The monoisotopic (exact) mass is 1330 g/mol. The van der Waals surface area contributed by atoms with Crippen LogP contribution in [0.2, 0.25) is 0 Å². The molecule has 0 saturated heterocycles. The Morgan fingerprint density at radius 3 is 0.408 bits per heavy atom. The largest absolute Gasteiger partial charge is 0.311 e. The minimum absolute atomic E-state index is 0.622. The Morgan fingerprint density at radius 2 is 0.272 bits per heavy atom. The summed E-state index contributed by atoms with van der Waals surface area (Å²) >= 11 is 0. The molecule has 0 spiro atoms. The molecule has 0 unspecified atom stereocenters. The average Bonchev–Trinajstić information content (AvgIpc) is 0.842. The van der Waals surface area contributed by atoms with Crippen molar-refractivity contribution in [2.45, 2.75) is 41.5 Å². The Hall–Kier alpha value is -13.3. The zero-order chi connectivity index (χ0) is 70.2. The van der Waals surface area contributed by atoms with E-state index in [9.17, 15) is 0 Å². The van der Waals surface area contributed by atoms with E-state index in [0.29, 0.717) is 52.4 Å². The van der Waals surface area contributed by atoms with Crippen LogP contribution in [0.25, 0.3) is 139 Å². The molecule has 12 aromatic carbocycles. The third kappa shape index (κ3) is 15.8. The minimum atomic E-state index is 0.622. The van der Waals surface area contributed by atoms with Gasteiger partial charge in [0.2, 0.25) is 0 Å². The van der Waals surface area contributed by atoms with E-state index in [0.717, 1.165) is 101 Å². The van der Waals surface area contributed by atoms with E-state index in [1.807, 2.05) is 0 Å². The summed E-state index contributed by atoms with van der Waals surface area (Å²) in [5.41, 5.74) is 24.9. The smallest absolute Gasteiger partial charge is 0.164 e. The Morgan fingerprint density at radius 1 is 0.155 bits per heavy atom. The first-order chi connectivity index (χ1) is 50.4. The third-order valence-electron chi connectivity index (χ3n) is 18.1. The minimum Gasteiger partial charge on any atom is -0.311 e. The number of anilines is 3. The summed E-state index contributed by atoms with van der Waals surface area (Å²) in [6, 6.07) is 101. The molecule has 3 heterocycles. The predicted octanol–water partition coefficient (Wildman–Crippen LogP) is 23.1. The molecule has 0 fully saturated rings. The highest BCUT2D eigenvalue weighted by Crippen LogP contribution is 2.37. The van der Waals surface area contributed by atoms with Crippen molar-refractivity contribution in [2.24, 2.45) is 0 Å². The first kappa shape index (κ1) is 65.6. The molecule has 0 amide bonds. The molecule has 15 rings (SSSR count). The molecule has 0 aliphatic rings. The van der Waals surface area contributed by atoms with E-state index >= 15 is 0 Å². The fraction of sp³-hybridized carbons (Fsp3) is 0.0645. The van der Waals surface area contributed by atoms with Crippen molar-refractivity contribution in [1.29, 1.82) is 0 Å². The quantitative estimate of drug-likeness (QED) is 0.0768. The number of hydrogen-bond acceptors (Lipinski definition) is 10. The average molecular weight is 1330 g/mol. The molecule has 494 valence electrons. The maximum Gasteiger partial charge on any atom is 0.164 e. The zero-order valence-corrected chi connectivity index (χ0v) is 58.1. The fourth-order valence-electron chi connectivity index (χ4n) is 12.0. The van der Waals surface area contributed by atoms with Crippen molar-refractivity contribution in [1.82, 2.24) is 44.9 Å². The van der Waals surface area contributed by atoms with Crippen LogP contribution in [-0.4, -0.2) is 44.9 Å². The van der Waals surface area contributed by atoms with Crippen LogP contribution in [-0.2, 0) is 0 Å². The molecule has 3 aromatic heterocycles. The lowest BCUT2D eigenvalue weighted by molar-refractivity contribution is 1.07. The molecule has 0 saturated carbocycles. The first-order valence-electron chi connectivity index (χ1n) is 34.5. The van der Waals surface area contributed by atoms with Crippen LogP contribution in [0, 0.1) is 41.5 Å². The second-order valence-electron chi connectivity index (χ2n) is 26.1. The van der Waals surface area contributed by atoms with E-state index < -0.39 is 0 Å². The summed E-state index contributed by atoms with van der Waals surface area (Å²) in [6.07, 6.45) is 12.9. The van der Waals surface area contributed by atoms with Gasteiger partial charge in [-0.3, -0.25) is 0 Å². The summed E-state index contributed by atoms with van der Waals surface area (Å²) in [6.45, 7) is 12.5. The van der Waals surface area contributed by atoms with Crippen LogP contribution < -0.4 is 4.90 Å². The van der Waals surface area contributed by atoms with Gasteiger partial charge in [0.1, 0.15) is 0 Å². The zero-order valence-electron chi connectivity index (χ0n) is 58.1. The number of hydrogen-bond donors (Lipinski definition) is 0. The summed E-state index contributed by atoms with van der Waals surface area (Å²) in [5, 5.41) is 0. The Balaban J connectivity index is 0.684. The summed E-state index contributed by atoms with van der Waals surface area (Å²) in [5.74, 6) is 5.69. The van der Waals surface area contributed by atoms with Crippen LogP contribution in [0.5, 0.6) is 0 Å². The third-order valence-corrected chi connectivity index (χ3v) is 18.1. The first-order valence-corrected chi connectivity index (χ1v) is 34.5. The number of aromatic nitrogens is 9. The van der Waals surface area contributed by atoms with Crippen molar-refractivity contribution < 1.29 is 0 Å².